The normalized spacial score (nSPS) is 10.0. The molecule has 0 fully saturated rings. The first-order valence-electron chi connectivity index (χ1n) is 6.36. The summed E-state index contributed by atoms with van der Waals surface area (Å²) in [5.74, 6) is 0.883. The van der Waals surface area contributed by atoms with E-state index in [0.717, 1.165) is 0 Å². The van der Waals surface area contributed by atoms with Crippen molar-refractivity contribution in [3.8, 4) is 11.6 Å². The van der Waals surface area contributed by atoms with Crippen LogP contribution in [0.5, 0.6) is 11.6 Å². The number of nitrogens with zero attached hydrogens (tertiary/aromatic N) is 2. The van der Waals surface area contributed by atoms with Crippen LogP contribution in [0.25, 0.3) is 0 Å². The Labute approximate surface area is 122 Å². The lowest BCUT2D eigenvalue weighted by Gasteiger charge is -2.10. The fourth-order valence-corrected chi connectivity index (χ4v) is 1.66. The van der Waals surface area contributed by atoms with Gasteiger partial charge in [0.15, 0.2) is 5.82 Å². The predicted octanol–water partition coefficient (Wildman–Crippen LogP) is 2.07. The average molecular weight is 288 g/mol. The zero-order valence-corrected chi connectivity index (χ0v) is 11.8. The van der Waals surface area contributed by atoms with Gasteiger partial charge in [0.25, 0.3) is 0 Å². The van der Waals surface area contributed by atoms with E-state index in [-0.39, 0.29) is 5.88 Å². The van der Waals surface area contributed by atoms with Gasteiger partial charge in [0, 0.05) is 6.54 Å². The monoisotopic (exact) mass is 288 g/mol. The number of carbonyl (C=O) groups is 1. The third-order valence-electron chi connectivity index (χ3n) is 2.68. The zero-order valence-electron chi connectivity index (χ0n) is 11.8. The lowest BCUT2D eigenvalue weighted by Crippen LogP contribution is -2.06. The minimum absolute atomic E-state index is 0.256. The molecule has 1 aromatic carbocycles. The summed E-state index contributed by atoms with van der Waals surface area (Å²) in [6.07, 6.45) is 1.37. The summed E-state index contributed by atoms with van der Waals surface area (Å²) >= 11 is 0. The van der Waals surface area contributed by atoms with Gasteiger partial charge in [0.1, 0.15) is 17.8 Å². The fraction of sp³-hybridized carbons (Fsp3) is 0.214. The van der Waals surface area contributed by atoms with Crippen molar-refractivity contribution in [2.75, 3.05) is 24.7 Å². The number of nitrogen functional groups attached to an aromatic ring is 1. The Hall–Kier alpha value is -2.83. The molecule has 110 valence electrons. The van der Waals surface area contributed by atoms with Crippen LogP contribution < -0.4 is 15.8 Å². The van der Waals surface area contributed by atoms with Gasteiger partial charge in [-0.05, 0) is 31.2 Å². The summed E-state index contributed by atoms with van der Waals surface area (Å²) in [5.41, 5.74) is 6.70. The highest BCUT2D eigenvalue weighted by atomic mass is 16.5. The maximum absolute atomic E-state index is 11.3. The van der Waals surface area contributed by atoms with Gasteiger partial charge in [-0.15, -0.1) is 0 Å². The Morgan fingerprint density at radius 3 is 2.62 bits per heavy atom. The number of hydrogen-bond donors (Lipinski definition) is 2. The van der Waals surface area contributed by atoms with E-state index in [9.17, 15) is 4.79 Å². The number of methoxy groups -OCH3 is 1. The SMILES string of the molecule is CCNc1ncnc(Oc2ccc(C(=O)OC)cc2)c1N. The quantitative estimate of drug-likeness (QED) is 0.812. The molecule has 7 nitrogen and oxygen atoms in total. The van der Waals surface area contributed by atoms with Crippen LogP contribution in [-0.4, -0.2) is 29.6 Å². The molecule has 0 spiro atoms. The van der Waals surface area contributed by atoms with E-state index in [1.807, 2.05) is 6.92 Å². The number of carbonyl (C=O) groups excluding carboxylic acids is 1. The van der Waals surface area contributed by atoms with Crippen LogP contribution in [0.2, 0.25) is 0 Å². The number of nitrogens with one attached hydrogen (secondary N) is 1. The smallest absolute Gasteiger partial charge is 0.337 e. The number of hydrogen-bond acceptors (Lipinski definition) is 7. The van der Waals surface area contributed by atoms with E-state index in [1.54, 1.807) is 24.3 Å². The zero-order chi connectivity index (χ0) is 15.2. The maximum atomic E-state index is 11.3. The van der Waals surface area contributed by atoms with Crippen molar-refractivity contribution in [3.63, 3.8) is 0 Å². The number of nitrogens with two attached hydrogens (primary N) is 1. The number of rotatable bonds is 5. The highest BCUT2D eigenvalue weighted by Crippen LogP contribution is 2.29. The van der Waals surface area contributed by atoms with Crippen molar-refractivity contribution in [1.82, 2.24) is 9.97 Å². The molecule has 7 heteroatoms. The van der Waals surface area contributed by atoms with E-state index in [2.05, 4.69) is 20.0 Å². The standard InChI is InChI=1S/C14H16N4O3/c1-3-16-12-11(15)13(18-8-17-12)21-10-6-4-9(5-7-10)14(19)20-2/h4-8H,3,15H2,1-2H3,(H,16,17,18). The van der Waals surface area contributed by atoms with E-state index in [0.29, 0.717) is 29.4 Å². The third kappa shape index (κ3) is 3.38. The number of ether oxygens (including phenoxy) is 2. The largest absolute Gasteiger partial charge is 0.465 e. The first-order valence-corrected chi connectivity index (χ1v) is 6.36. The summed E-state index contributed by atoms with van der Waals surface area (Å²) in [6, 6.07) is 6.48. The molecule has 0 bridgehead atoms. The van der Waals surface area contributed by atoms with Crippen molar-refractivity contribution in [2.24, 2.45) is 0 Å². The molecule has 0 saturated heterocycles. The first-order chi connectivity index (χ1) is 10.2. The average Bonchev–Trinajstić information content (AvgIpc) is 2.51. The molecule has 0 aliphatic heterocycles. The van der Waals surface area contributed by atoms with Crippen LogP contribution in [-0.2, 0) is 4.74 Å². The second kappa shape index (κ2) is 6.56. The summed E-state index contributed by atoms with van der Waals surface area (Å²) in [5, 5.41) is 3.02. The van der Waals surface area contributed by atoms with E-state index in [4.69, 9.17) is 10.5 Å². The molecule has 0 atom stereocenters. The molecule has 2 rings (SSSR count). The molecule has 0 unspecified atom stereocenters. The maximum Gasteiger partial charge on any atom is 0.337 e. The van der Waals surface area contributed by atoms with Gasteiger partial charge in [-0.1, -0.05) is 0 Å². The van der Waals surface area contributed by atoms with Crippen LogP contribution in [0.15, 0.2) is 30.6 Å². The summed E-state index contributed by atoms with van der Waals surface area (Å²) in [4.78, 5) is 19.4. The summed E-state index contributed by atoms with van der Waals surface area (Å²) in [7, 11) is 1.33. The van der Waals surface area contributed by atoms with E-state index < -0.39 is 5.97 Å². The Morgan fingerprint density at radius 2 is 2.00 bits per heavy atom. The van der Waals surface area contributed by atoms with Crippen molar-refractivity contribution in [1.29, 1.82) is 0 Å². The highest BCUT2D eigenvalue weighted by molar-refractivity contribution is 5.89. The Bertz CT molecular complexity index is 629. The fourth-order valence-electron chi connectivity index (χ4n) is 1.66. The van der Waals surface area contributed by atoms with Crippen LogP contribution in [0.1, 0.15) is 17.3 Å². The highest BCUT2D eigenvalue weighted by Gasteiger charge is 2.10. The third-order valence-corrected chi connectivity index (χ3v) is 2.68. The molecular weight excluding hydrogens is 272 g/mol. The van der Waals surface area contributed by atoms with Crippen LogP contribution >= 0.6 is 0 Å². The Balaban J connectivity index is 2.18. The molecule has 1 aromatic heterocycles. The molecule has 0 aliphatic rings. The van der Waals surface area contributed by atoms with Gasteiger partial charge < -0.3 is 20.5 Å². The summed E-state index contributed by atoms with van der Waals surface area (Å²) < 4.78 is 10.2. The van der Waals surface area contributed by atoms with Crippen molar-refractivity contribution >= 4 is 17.5 Å². The minimum atomic E-state index is -0.405. The number of benzene rings is 1. The van der Waals surface area contributed by atoms with Gasteiger partial charge >= 0.3 is 5.97 Å². The lowest BCUT2D eigenvalue weighted by molar-refractivity contribution is 0.0600. The molecule has 2 aromatic rings. The Kier molecular flexibility index (Phi) is 4.55. The van der Waals surface area contributed by atoms with Crippen LogP contribution in [0.3, 0.4) is 0 Å². The first kappa shape index (κ1) is 14.6. The molecule has 0 saturated carbocycles. The number of esters is 1. The van der Waals surface area contributed by atoms with Gasteiger partial charge in [0.05, 0.1) is 12.7 Å². The van der Waals surface area contributed by atoms with Crippen molar-refractivity contribution < 1.29 is 14.3 Å². The van der Waals surface area contributed by atoms with Crippen molar-refractivity contribution in [2.45, 2.75) is 6.92 Å². The van der Waals surface area contributed by atoms with Gasteiger partial charge in [-0.2, -0.15) is 4.98 Å². The predicted molar refractivity (Wildman–Crippen MR) is 78.5 cm³/mol. The number of aromatic nitrogens is 2. The van der Waals surface area contributed by atoms with Crippen LogP contribution in [0.4, 0.5) is 11.5 Å². The lowest BCUT2D eigenvalue weighted by atomic mass is 10.2. The molecule has 21 heavy (non-hydrogen) atoms. The van der Waals surface area contributed by atoms with Gasteiger partial charge in [-0.25, -0.2) is 9.78 Å². The second-order valence-corrected chi connectivity index (χ2v) is 4.09. The van der Waals surface area contributed by atoms with E-state index in [1.165, 1.54) is 13.4 Å². The van der Waals surface area contributed by atoms with E-state index >= 15 is 0 Å². The molecule has 0 amide bonds. The molecule has 0 radical (unpaired) electrons. The minimum Gasteiger partial charge on any atom is -0.465 e. The van der Waals surface area contributed by atoms with Crippen molar-refractivity contribution in [3.05, 3.63) is 36.2 Å². The summed E-state index contributed by atoms with van der Waals surface area (Å²) in [6.45, 7) is 2.63. The molecule has 1 heterocycles. The molecule has 0 aliphatic carbocycles. The number of anilines is 2. The van der Waals surface area contributed by atoms with Gasteiger partial charge in [0.2, 0.25) is 5.88 Å². The van der Waals surface area contributed by atoms with Crippen LogP contribution in [0, 0.1) is 0 Å². The van der Waals surface area contributed by atoms with Gasteiger partial charge in [-0.3, -0.25) is 0 Å². The molecule has 3 N–H and O–H groups in total. The Morgan fingerprint density at radius 1 is 1.29 bits per heavy atom. The molecular formula is C14H16N4O3. The topological polar surface area (TPSA) is 99.4 Å². The second-order valence-electron chi connectivity index (χ2n) is 4.09.